The van der Waals surface area contributed by atoms with Crippen LogP contribution in [-0.2, 0) is 4.79 Å². The van der Waals surface area contributed by atoms with Crippen LogP contribution < -0.4 is 5.73 Å². The van der Waals surface area contributed by atoms with Crippen molar-refractivity contribution in [3.05, 3.63) is 29.6 Å². The molecule has 0 spiro atoms. The minimum Gasteiger partial charge on any atom is -0.397 e. The Labute approximate surface area is 77.3 Å². The Morgan fingerprint density at radius 1 is 1.62 bits per heavy atom. The standard InChI is InChI=1S/C10H12N2O/c1-8-10(11)6-9(7-12-8)4-2-3-5-13/h2,4-7H,3,11H2,1H3. The van der Waals surface area contributed by atoms with Crippen molar-refractivity contribution >= 4 is 18.0 Å². The van der Waals surface area contributed by atoms with Gasteiger partial charge >= 0.3 is 0 Å². The average Bonchev–Trinajstić information content (AvgIpc) is 2.12. The number of anilines is 1. The zero-order valence-electron chi connectivity index (χ0n) is 7.53. The number of rotatable bonds is 3. The molecular formula is C10H12N2O. The number of pyridine rings is 1. The Balaban J connectivity index is 2.79. The fourth-order valence-corrected chi connectivity index (χ4v) is 0.918. The second kappa shape index (κ2) is 4.40. The van der Waals surface area contributed by atoms with E-state index in [1.807, 2.05) is 19.1 Å². The van der Waals surface area contributed by atoms with E-state index >= 15 is 0 Å². The highest BCUT2D eigenvalue weighted by molar-refractivity contribution is 5.60. The van der Waals surface area contributed by atoms with Gasteiger partial charge in [-0.25, -0.2) is 0 Å². The van der Waals surface area contributed by atoms with Gasteiger partial charge in [-0.15, -0.1) is 0 Å². The van der Waals surface area contributed by atoms with Gasteiger partial charge in [-0.1, -0.05) is 12.2 Å². The fourth-order valence-electron chi connectivity index (χ4n) is 0.918. The Bertz CT molecular complexity index is 332. The first kappa shape index (κ1) is 9.45. The van der Waals surface area contributed by atoms with Gasteiger partial charge in [0.05, 0.1) is 11.4 Å². The number of aromatic nitrogens is 1. The molecule has 0 unspecified atom stereocenters. The lowest BCUT2D eigenvalue weighted by Crippen LogP contribution is -1.92. The highest BCUT2D eigenvalue weighted by atomic mass is 16.1. The van der Waals surface area contributed by atoms with E-state index in [9.17, 15) is 4.79 Å². The summed E-state index contributed by atoms with van der Waals surface area (Å²) in [5.41, 5.74) is 8.08. The third kappa shape index (κ3) is 2.71. The fraction of sp³-hybridized carbons (Fsp3) is 0.200. The lowest BCUT2D eigenvalue weighted by Gasteiger charge is -1.99. The number of hydrogen-bond acceptors (Lipinski definition) is 3. The third-order valence-corrected chi connectivity index (χ3v) is 1.69. The lowest BCUT2D eigenvalue weighted by molar-refractivity contribution is -0.107. The van der Waals surface area contributed by atoms with Gasteiger partial charge in [0.1, 0.15) is 6.29 Å². The molecule has 0 aliphatic rings. The lowest BCUT2D eigenvalue weighted by atomic mass is 10.2. The van der Waals surface area contributed by atoms with Crippen molar-refractivity contribution in [1.82, 2.24) is 4.98 Å². The minimum absolute atomic E-state index is 0.424. The molecule has 2 N–H and O–H groups in total. The quantitative estimate of drug-likeness (QED) is 0.711. The molecule has 3 nitrogen and oxygen atoms in total. The van der Waals surface area contributed by atoms with Gasteiger partial charge in [-0.3, -0.25) is 4.98 Å². The Morgan fingerprint density at radius 3 is 3.00 bits per heavy atom. The highest BCUT2D eigenvalue weighted by Gasteiger charge is 1.93. The number of nitrogens with zero attached hydrogens (tertiary/aromatic N) is 1. The van der Waals surface area contributed by atoms with Gasteiger partial charge < -0.3 is 10.5 Å². The topological polar surface area (TPSA) is 56.0 Å². The van der Waals surface area contributed by atoms with Crippen LogP contribution in [0.25, 0.3) is 6.08 Å². The van der Waals surface area contributed by atoms with Crippen molar-refractivity contribution in [2.24, 2.45) is 0 Å². The van der Waals surface area contributed by atoms with Crippen LogP contribution in [0, 0.1) is 6.92 Å². The molecule has 1 rings (SSSR count). The molecule has 0 radical (unpaired) electrons. The van der Waals surface area contributed by atoms with Gasteiger partial charge in [0, 0.05) is 12.6 Å². The summed E-state index contributed by atoms with van der Waals surface area (Å²) in [6, 6.07) is 1.84. The Kier molecular flexibility index (Phi) is 3.20. The zero-order chi connectivity index (χ0) is 9.68. The van der Waals surface area contributed by atoms with Crippen LogP contribution >= 0.6 is 0 Å². The molecule has 1 heterocycles. The van der Waals surface area contributed by atoms with Gasteiger partial charge in [-0.05, 0) is 18.6 Å². The summed E-state index contributed by atoms with van der Waals surface area (Å²) in [6.45, 7) is 1.86. The summed E-state index contributed by atoms with van der Waals surface area (Å²) >= 11 is 0. The molecule has 0 fully saturated rings. The monoisotopic (exact) mass is 176 g/mol. The summed E-state index contributed by atoms with van der Waals surface area (Å²) in [5, 5.41) is 0. The molecular weight excluding hydrogens is 164 g/mol. The summed E-state index contributed by atoms with van der Waals surface area (Å²) in [5.74, 6) is 0. The van der Waals surface area contributed by atoms with Crippen LogP contribution in [0.2, 0.25) is 0 Å². The molecule has 3 heteroatoms. The van der Waals surface area contributed by atoms with E-state index in [1.54, 1.807) is 12.3 Å². The van der Waals surface area contributed by atoms with Crippen LogP contribution in [0.5, 0.6) is 0 Å². The molecule has 1 aromatic rings. The molecule has 0 amide bonds. The number of nitrogens with two attached hydrogens (primary N) is 1. The molecule has 0 aliphatic carbocycles. The van der Waals surface area contributed by atoms with Crippen LogP contribution in [0.1, 0.15) is 17.7 Å². The zero-order valence-corrected chi connectivity index (χ0v) is 7.53. The number of aryl methyl sites for hydroxylation is 1. The summed E-state index contributed by atoms with van der Waals surface area (Å²) in [6.07, 6.45) is 6.61. The van der Waals surface area contributed by atoms with Crippen LogP contribution in [0.4, 0.5) is 5.69 Å². The SMILES string of the molecule is Cc1ncc(C=CCC=O)cc1N. The molecule has 0 aliphatic heterocycles. The van der Waals surface area contributed by atoms with E-state index in [1.165, 1.54) is 0 Å². The summed E-state index contributed by atoms with van der Waals surface area (Å²) < 4.78 is 0. The Hall–Kier alpha value is -1.64. The predicted molar refractivity (Wildman–Crippen MR) is 53.1 cm³/mol. The second-order valence-electron chi connectivity index (χ2n) is 2.75. The van der Waals surface area contributed by atoms with E-state index in [0.29, 0.717) is 12.1 Å². The van der Waals surface area contributed by atoms with Crippen molar-refractivity contribution in [3.63, 3.8) is 0 Å². The van der Waals surface area contributed by atoms with E-state index in [2.05, 4.69) is 4.98 Å². The second-order valence-corrected chi connectivity index (χ2v) is 2.75. The molecule has 1 aromatic heterocycles. The summed E-state index contributed by atoms with van der Waals surface area (Å²) in [7, 11) is 0. The predicted octanol–water partition coefficient (Wildman–Crippen LogP) is 1.57. The molecule has 0 bridgehead atoms. The summed E-state index contributed by atoms with van der Waals surface area (Å²) in [4.78, 5) is 14.1. The van der Waals surface area contributed by atoms with E-state index < -0.39 is 0 Å². The van der Waals surface area contributed by atoms with Crippen molar-refractivity contribution in [2.75, 3.05) is 5.73 Å². The van der Waals surface area contributed by atoms with E-state index in [4.69, 9.17) is 5.73 Å². The minimum atomic E-state index is 0.424. The van der Waals surface area contributed by atoms with Crippen molar-refractivity contribution in [2.45, 2.75) is 13.3 Å². The maximum absolute atomic E-state index is 10.0. The molecule has 0 saturated heterocycles. The molecule has 13 heavy (non-hydrogen) atoms. The normalized spacial score (nSPS) is 10.5. The first-order valence-electron chi connectivity index (χ1n) is 4.06. The van der Waals surface area contributed by atoms with Crippen molar-refractivity contribution in [3.8, 4) is 0 Å². The number of nitrogen functional groups attached to an aromatic ring is 1. The first-order valence-corrected chi connectivity index (χ1v) is 4.06. The van der Waals surface area contributed by atoms with Gasteiger partial charge in [-0.2, -0.15) is 0 Å². The molecule has 0 atom stereocenters. The third-order valence-electron chi connectivity index (χ3n) is 1.69. The smallest absolute Gasteiger partial charge is 0.123 e. The van der Waals surface area contributed by atoms with Crippen LogP contribution in [0.15, 0.2) is 18.3 Å². The van der Waals surface area contributed by atoms with Gasteiger partial charge in [0.2, 0.25) is 0 Å². The number of carbonyl (C=O) groups is 1. The Morgan fingerprint density at radius 2 is 2.38 bits per heavy atom. The highest BCUT2D eigenvalue weighted by Crippen LogP contribution is 2.10. The van der Waals surface area contributed by atoms with Crippen molar-refractivity contribution in [1.29, 1.82) is 0 Å². The van der Waals surface area contributed by atoms with E-state index in [-0.39, 0.29) is 0 Å². The van der Waals surface area contributed by atoms with Crippen LogP contribution in [0.3, 0.4) is 0 Å². The molecule has 0 aromatic carbocycles. The van der Waals surface area contributed by atoms with Crippen molar-refractivity contribution < 1.29 is 4.79 Å². The first-order chi connectivity index (χ1) is 6.24. The maximum atomic E-state index is 10.0. The molecule has 68 valence electrons. The molecule has 0 saturated carbocycles. The number of aldehydes is 1. The largest absolute Gasteiger partial charge is 0.397 e. The van der Waals surface area contributed by atoms with Gasteiger partial charge in [0.25, 0.3) is 0 Å². The number of allylic oxidation sites excluding steroid dienone is 1. The van der Waals surface area contributed by atoms with E-state index in [0.717, 1.165) is 17.5 Å². The van der Waals surface area contributed by atoms with Crippen LogP contribution in [-0.4, -0.2) is 11.3 Å². The number of carbonyl (C=O) groups excluding carboxylic acids is 1. The van der Waals surface area contributed by atoms with Gasteiger partial charge in [0.15, 0.2) is 0 Å². The average molecular weight is 176 g/mol. The number of hydrogen-bond donors (Lipinski definition) is 1. The maximum Gasteiger partial charge on any atom is 0.123 e.